The van der Waals surface area contributed by atoms with Crippen LogP contribution in [0.5, 0.6) is 5.75 Å². The van der Waals surface area contributed by atoms with Crippen molar-refractivity contribution in [2.24, 2.45) is 0 Å². The van der Waals surface area contributed by atoms with Gasteiger partial charge in [-0.2, -0.15) is 0 Å². The van der Waals surface area contributed by atoms with Crippen LogP contribution >= 0.6 is 15.9 Å². The van der Waals surface area contributed by atoms with Crippen molar-refractivity contribution in [3.63, 3.8) is 0 Å². The summed E-state index contributed by atoms with van der Waals surface area (Å²) in [5, 5.41) is 13.6. The number of nitrogens with zero attached hydrogens (tertiary/aromatic N) is 1. The molecule has 2 rings (SSSR count). The lowest BCUT2D eigenvalue weighted by atomic mass is 9.99. The first kappa shape index (κ1) is 14.4. The Labute approximate surface area is 122 Å². The fraction of sp³-hybridized carbons (Fsp3) is 0.429. The van der Waals surface area contributed by atoms with E-state index in [-0.39, 0.29) is 11.8 Å². The molecule has 0 unspecified atom stereocenters. The number of halogens is 1. The Bertz CT molecular complexity index is 458. The van der Waals surface area contributed by atoms with E-state index in [1.165, 1.54) is 0 Å². The molecule has 0 radical (unpaired) electrons. The molecule has 104 valence electrons. The maximum Gasteiger partial charge on any atom is 0.144 e. The fourth-order valence-corrected chi connectivity index (χ4v) is 3.10. The molecule has 1 saturated heterocycles. The third-order valence-corrected chi connectivity index (χ3v) is 4.20. The average Bonchev–Trinajstić information content (AvgIpc) is 2.43. The van der Waals surface area contributed by atoms with Gasteiger partial charge < -0.3 is 16.2 Å². The molecule has 4 N–H and O–H groups in total. The van der Waals surface area contributed by atoms with Gasteiger partial charge >= 0.3 is 0 Å². The number of nitrogen functional groups attached to an aromatic ring is 1. The number of piperazine rings is 1. The second kappa shape index (κ2) is 6.41. The smallest absolute Gasteiger partial charge is 0.144 e. The van der Waals surface area contributed by atoms with Gasteiger partial charge in [0.2, 0.25) is 0 Å². The molecule has 1 aromatic carbocycles. The number of nitrogens with one attached hydrogen (secondary N) is 1. The predicted molar refractivity (Wildman–Crippen MR) is 82.2 cm³/mol. The van der Waals surface area contributed by atoms with Gasteiger partial charge in [-0.1, -0.05) is 22.0 Å². The second-order valence-electron chi connectivity index (χ2n) is 4.73. The molecule has 0 amide bonds. The number of hydrogen-bond acceptors (Lipinski definition) is 4. The van der Waals surface area contributed by atoms with Crippen LogP contribution in [0, 0.1) is 0 Å². The van der Waals surface area contributed by atoms with Crippen molar-refractivity contribution >= 4 is 21.6 Å². The molecule has 1 atom stereocenters. The molecule has 1 aromatic rings. The van der Waals surface area contributed by atoms with E-state index in [2.05, 4.69) is 32.7 Å². The van der Waals surface area contributed by atoms with Gasteiger partial charge in [0, 0.05) is 42.3 Å². The van der Waals surface area contributed by atoms with E-state index in [1.54, 1.807) is 6.07 Å². The molecule has 1 heterocycles. The van der Waals surface area contributed by atoms with Gasteiger partial charge in [0.1, 0.15) is 5.75 Å². The summed E-state index contributed by atoms with van der Waals surface area (Å²) in [5.41, 5.74) is 7.11. The minimum atomic E-state index is 0.109. The quantitative estimate of drug-likeness (QED) is 0.451. The van der Waals surface area contributed by atoms with Crippen LogP contribution in [0.1, 0.15) is 18.0 Å². The Morgan fingerprint density at radius 2 is 2.16 bits per heavy atom. The van der Waals surface area contributed by atoms with Crippen LogP contribution in [0.2, 0.25) is 0 Å². The molecule has 5 heteroatoms. The van der Waals surface area contributed by atoms with E-state index in [0.29, 0.717) is 5.69 Å². The highest BCUT2D eigenvalue weighted by atomic mass is 79.9. The average molecular weight is 326 g/mol. The summed E-state index contributed by atoms with van der Waals surface area (Å²) in [7, 11) is 0. The number of nitrogens with two attached hydrogens (primary N) is 1. The van der Waals surface area contributed by atoms with Crippen molar-refractivity contribution in [2.75, 3.05) is 31.9 Å². The highest BCUT2D eigenvalue weighted by Gasteiger charge is 2.26. The van der Waals surface area contributed by atoms with Crippen molar-refractivity contribution in [3.8, 4) is 5.75 Å². The number of hydrogen-bond donors (Lipinski definition) is 3. The molecule has 0 aliphatic carbocycles. The predicted octanol–water partition coefficient (Wildman–Crippen LogP) is 2.26. The molecular formula is C14H20BrN3O. The number of aromatic hydroxyl groups is 1. The first-order chi connectivity index (χ1) is 9.15. The van der Waals surface area contributed by atoms with Crippen molar-refractivity contribution < 1.29 is 5.11 Å². The van der Waals surface area contributed by atoms with Gasteiger partial charge in [-0.15, -0.1) is 6.58 Å². The minimum absolute atomic E-state index is 0.109. The molecule has 19 heavy (non-hydrogen) atoms. The molecule has 1 aliphatic rings. The first-order valence-corrected chi connectivity index (χ1v) is 7.27. The van der Waals surface area contributed by atoms with Crippen molar-refractivity contribution in [3.05, 3.63) is 34.8 Å². The third-order valence-electron chi connectivity index (χ3n) is 3.51. The molecule has 1 aliphatic heterocycles. The molecule has 0 saturated carbocycles. The number of benzene rings is 1. The lowest BCUT2D eigenvalue weighted by Crippen LogP contribution is -2.45. The number of rotatable bonds is 4. The minimum Gasteiger partial charge on any atom is -0.505 e. The van der Waals surface area contributed by atoms with Gasteiger partial charge in [0.25, 0.3) is 0 Å². The second-order valence-corrected chi connectivity index (χ2v) is 5.58. The number of anilines is 1. The molecule has 0 spiro atoms. The van der Waals surface area contributed by atoms with E-state index >= 15 is 0 Å². The summed E-state index contributed by atoms with van der Waals surface area (Å²) in [5.74, 6) is 0.180. The zero-order valence-electron chi connectivity index (χ0n) is 10.9. The van der Waals surface area contributed by atoms with Crippen molar-refractivity contribution in [1.82, 2.24) is 10.2 Å². The Kier molecular flexibility index (Phi) is 4.85. The van der Waals surface area contributed by atoms with Gasteiger partial charge in [-0.05, 0) is 18.6 Å². The topological polar surface area (TPSA) is 61.5 Å². The maximum atomic E-state index is 10.3. The number of phenols is 1. The SMILES string of the molecule is C=CC[C@@H](c1c(Br)ccc(N)c1O)N1CCNCC1. The molecule has 0 aromatic heterocycles. The standard InChI is InChI=1S/C14H20BrN3O/c1-2-3-12(18-8-6-17-7-9-18)13-10(15)4-5-11(16)14(13)19/h2,4-5,12,17,19H,1,3,6-9,16H2/t12-/m0/s1. The summed E-state index contributed by atoms with van der Waals surface area (Å²) >= 11 is 3.53. The Hall–Kier alpha value is -1.04. The van der Waals surface area contributed by atoms with Crippen LogP contribution in [-0.4, -0.2) is 36.2 Å². The van der Waals surface area contributed by atoms with Crippen LogP contribution in [-0.2, 0) is 0 Å². The van der Waals surface area contributed by atoms with E-state index in [1.807, 2.05) is 12.1 Å². The normalized spacial score (nSPS) is 18.2. The molecular weight excluding hydrogens is 306 g/mol. The van der Waals surface area contributed by atoms with Crippen LogP contribution in [0.25, 0.3) is 0 Å². The molecule has 0 bridgehead atoms. The molecule has 1 fully saturated rings. The summed E-state index contributed by atoms with van der Waals surface area (Å²) in [4.78, 5) is 2.36. The van der Waals surface area contributed by atoms with Crippen LogP contribution in [0.3, 0.4) is 0 Å². The summed E-state index contributed by atoms with van der Waals surface area (Å²) in [6.45, 7) is 7.68. The maximum absolute atomic E-state index is 10.3. The fourth-order valence-electron chi connectivity index (χ4n) is 2.52. The summed E-state index contributed by atoms with van der Waals surface area (Å²) in [6, 6.07) is 3.71. The Morgan fingerprint density at radius 3 is 2.79 bits per heavy atom. The van der Waals surface area contributed by atoms with Crippen LogP contribution in [0.15, 0.2) is 29.3 Å². The van der Waals surface area contributed by atoms with Gasteiger partial charge in [0.15, 0.2) is 0 Å². The third kappa shape index (κ3) is 3.11. The Morgan fingerprint density at radius 1 is 1.47 bits per heavy atom. The van der Waals surface area contributed by atoms with E-state index in [9.17, 15) is 5.11 Å². The zero-order chi connectivity index (χ0) is 13.8. The van der Waals surface area contributed by atoms with Gasteiger partial charge in [-0.3, -0.25) is 4.90 Å². The van der Waals surface area contributed by atoms with Crippen molar-refractivity contribution in [2.45, 2.75) is 12.5 Å². The summed E-state index contributed by atoms with van der Waals surface area (Å²) < 4.78 is 0.893. The molecule has 4 nitrogen and oxygen atoms in total. The first-order valence-electron chi connectivity index (χ1n) is 6.47. The monoisotopic (exact) mass is 325 g/mol. The van der Waals surface area contributed by atoms with E-state index in [4.69, 9.17) is 5.73 Å². The highest BCUT2D eigenvalue weighted by Crippen LogP contribution is 2.40. The summed E-state index contributed by atoms with van der Waals surface area (Å²) in [6.07, 6.45) is 2.68. The lowest BCUT2D eigenvalue weighted by molar-refractivity contribution is 0.171. The van der Waals surface area contributed by atoms with Crippen LogP contribution < -0.4 is 11.1 Å². The number of phenolic OH excluding ortho intramolecular Hbond substituents is 1. The van der Waals surface area contributed by atoms with Crippen molar-refractivity contribution in [1.29, 1.82) is 0 Å². The lowest BCUT2D eigenvalue weighted by Gasteiger charge is -2.35. The highest BCUT2D eigenvalue weighted by molar-refractivity contribution is 9.10. The Balaban J connectivity index is 2.37. The van der Waals surface area contributed by atoms with E-state index in [0.717, 1.165) is 42.6 Å². The zero-order valence-corrected chi connectivity index (χ0v) is 12.5. The van der Waals surface area contributed by atoms with Gasteiger partial charge in [0.05, 0.1) is 5.69 Å². The van der Waals surface area contributed by atoms with E-state index < -0.39 is 0 Å². The van der Waals surface area contributed by atoms with Gasteiger partial charge in [-0.25, -0.2) is 0 Å². The van der Waals surface area contributed by atoms with Crippen LogP contribution in [0.4, 0.5) is 5.69 Å². The largest absolute Gasteiger partial charge is 0.505 e.